The molecule has 0 saturated heterocycles. The van der Waals surface area contributed by atoms with Crippen LogP contribution in [0.3, 0.4) is 0 Å². The minimum atomic E-state index is 0. The van der Waals surface area contributed by atoms with Crippen molar-refractivity contribution in [3.8, 4) is 0 Å². The van der Waals surface area contributed by atoms with E-state index in [0.29, 0.717) is 0 Å². The van der Waals surface area contributed by atoms with E-state index in [1.54, 1.807) is 0 Å². The fourth-order valence-corrected chi connectivity index (χ4v) is 0.856. The van der Waals surface area contributed by atoms with Crippen molar-refractivity contribution in [3.05, 3.63) is 24.3 Å². The van der Waals surface area contributed by atoms with E-state index in [1.165, 1.54) is 25.7 Å². The van der Waals surface area contributed by atoms with Crippen LogP contribution in [0.15, 0.2) is 24.3 Å². The third-order valence-corrected chi connectivity index (χ3v) is 1.33. The maximum absolute atomic E-state index is 7.50. The van der Waals surface area contributed by atoms with Crippen molar-refractivity contribution in [1.82, 2.24) is 0 Å². The Morgan fingerprint density at radius 1 is 0.692 bits per heavy atom. The minimum absolute atomic E-state index is 0. The summed E-state index contributed by atoms with van der Waals surface area (Å²) in [6, 6.07) is 0. The first-order valence-electron chi connectivity index (χ1n) is 3.50. The number of hydrogen-bond acceptors (Lipinski definition) is 1. The summed E-state index contributed by atoms with van der Waals surface area (Å²) in [5, 5.41) is 0. The van der Waals surface area contributed by atoms with Gasteiger partial charge in [-0.3, -0.25) is 4.79 Å². The Hall–Kier alpha value is 0.236. The van der Waals surface area contributed by atoms with E-state index in [2.05, 4.69) is 31.1 Å². The van der Waals surface area contributed by atoms with Crippen LogP contribution in [0, 0.1) is 0 Å². The smallest absolute Gasteiger partial charge is 1.00 e. The summed E-state index contributed by atoms with van der Waals surface area (Å²) < 4.78 is 0. The Morgan fingerprint density at radius 3 is 1.00 bits per heavy atom. The minimum Gasteiger partial charge on any atom is -1.00 e. The molecule has 1 aliphatic rings. The third-order valence-electron chi connectivity index (χ3n) is 1.33. The number of hydrogen-bond donors (Lipinski definition) is 0. The molecule has 1 nitrogen and oxygen atoms in total. The van der Waals surface area contributed by atoms with Gasteiger partial charge in [0.2, 0.25) is 0 Å². The Balaban J connectivity index is -0.0000000761. The first-order valence-corrected chi connectivity index (χ1v) is 3.50. The SMILES string of the molecule is C1=C\CC/C=C\CC/1.[C]=O.[Cl-].[Cl-].[Co+2]. The summed E-state index contributed by atoms with van der Waals surface area (Å²) in [5.74, 6) is 0. The van der Waals surface area contributed by atoms with Crippen molar-refractivity contribution in [2.75, 3.05) is 0 Å². The predicted octanol–water partition coefficient (Wildman–Crippen LogP) is -3.72. The Bertz CT molecular complexity index is 101. The van der Waals surface area contributed by atoms with Gasteiger partial charge in [0, 0.05) is 0 Å². The predicted molar refractivity (Wildman–Crippen MR) is 42.4 cm³/mol. The van der Waals surface area contributed by atoms with Gasteiger partial charge < -0.3 is 24.8 Å². The fourth-order valence-electron chi connectivity index (χ4n) is 0.856. The monoisotopic (exact) mass is 265 g/mol. The molecule has 0 fully saturated rings. The van der Waals surface area contributed by atoms with Gasteiger partial charge >= 0.3 is 16.8 Å². The molecule has 13 heavy (non-hydrogen) atoms. The van der Waals surface area contributed by atoms with E-state index in [-0.39, 0.29) is 41.6 Å². The fraction of sp³-hybridized carbons (Fsp3) is 0.444. The molecule has 1 rings (SSSR count). The summed E-state index contributed by atoms with van der Waals surface area (Å²) in [4.78, 5) is 7.50. The number of allylic oxidation sites excluding steroid dienone is 4. The van der Waals surface area contributed by atoms with E-state index in [9.17, 15) is 0 Å². The molecule has 0 atom stereocenters. The summed E-state index contributed by atoms with van der Waals surface area (Å²) in [6.45, 7) is 4.50. The van der Waals surface area contributed by atoms with Crippen molar-refractivity contribution in [2.45, 2.75) is 25.7 Å². The molecule has 0 amide bonds. The zero-order chi connectivity index (χ0) is 7.66. The zero-order valence-corrected chi connectivity index (χ0v) is 9.69. The first-order chi connectivity index (χ1) is 5.00. The molecule has 77 valence electrons. The summed E-state index contributed by atoms with van der Waals surface area (Å²) in [6.07, 6.45) is 14.0. The first kappa shape index (κ1) is 23.2. The van der Waals surface area contributed by atoms with Gasteiger partial charge in [0.25, 0.3) is 6.79 Å². The van der Waals surface area contributed by atoms with Gasteiger partial charge in [0.05, 0.1) is 0 Å². The molecule has 0 aliphatic heterocycles. The topological polar surface area (TPSA) is 17.1 Å². The number of rotatable bonds is 0. The summed E-state index contributed by atoms with van der Waals surface area (Å²) in [5.41, 5.74) is 0. The molecule has 0 N–H and O–H groups in total. The third kappa shape index (κ3) is 18.9. The molecule has 1 aliphatic carbocycles. The van der Waals surface area contributed by atoms with Crippen LogP contribution in [-0.2, 0) is 21.6 Å². The second kappa shape index (κ2) is 22.8. The number of carbonyl (C=O) groups excluding carboxylic acids is 1. The van der Waals surface area contributed by atoms with Crippen molar-refractivity contribution in [2.24, 2.45) is 0 Å². The average Bonchev–Trinajstić information content (AvgIpc) is 1.90. The van der Waals surface area contributed by atoms with Crippen molar-refractivity contribution < 1.29 is 46.4 Å². The van der Waals surface area contributed by atoms with E-state index in [1.807, 2.05) is 0 Å². The van der Waals surface area contributed by atoms with Crippen molar-refractivity contribution in [1.29, 1.82) is 0 Å². The molecule has 0 heterocycles. The van der Waals surface area contributed by atoms with Crippen LogP contribution in [0.5, 0.6) is 0 Å². The molecule has 0 spiro atoms. The maximum Gasteiger partial charge on any atom is 2.00 e. The molecular weight excluding hydrogens is 254 g/mol. The van der Waals surface area contributed by atoms with Crippen molar-refractivity contribution >= 4 is 6.79 Å². The van der Waals surface area contributed by atoms with Gasteiger partial charge in [-0.2, -0.15) is 0 Å². The molecule has 3 radical (unpaired) electrons. The Kier molecular flexibility index (Phi) is 40.7. The van der Waals surface area contributed by atoms with Crippen LogP contribution < -0.4 is 24.8 Å². The second-order valence-corrected chi connectivity index (χ2v) is 2.10. The standard InChI is InChI=1S/C8H12.CO.2ClH.Co/c1-2-4-6-8-7-5-3-1;1-2;;;/h1-2,7-8H,3-6H2;;2*1H;/q;;;;+2/p-2/b2-1-,8-7-;;;;. The van der Waals surface area contributed by atoms with Gasteiger partial charge in [0.1, 0.15) is 0 Å². The molecule has 0 bridgehead atoms. The van der Waals surface area contributed by atoms with Crippen LogP contribution in [-0.4, -0.2) is 6.79 Å². The van der Waals surface area contributed by atoms with Gasteiger partial charge in [-0.05, 0) is 25.7 Å². The van der Waals surface area contributed by atoms with E-state index < -0.39 is 0 Å². The van der Waals surface area contributed by atoms with Gasteiger partial charge in [-0.1, -0.05) is 24.3 Å². The quantitative estimate of drug-likeness (QED) is 0.412. The number of halogens is 2. The Morgan fingerprint density at radius 2 is 0.846 bits per heavy atom. The van der Waals surface area contributed by atoms with Gasteiger partial charge in [-0.15, -0.1) is 0 Å². The molecule has 0 aromatic heterocycles. The summed E-state index contributed by atoms with van der Waals surface area (Å²) in [7, 11) is 0. The van der Waals surface area contributed by atoms with Crippen LogP contribution in [0.2, 0.25) is 0 Å². The van der Waals surface area contributed by atoms with Crippen LogP contribution >= 0.6 is 0 Å². The van der Waals surface area contributed by atoms with Gasteiger partial charge in [-0.25, -0.2) is 0 Å². The molecule has 0 aromatic rings. The molecule has 4 heteroatoms. The molecular formula is C9H12Cl2CoO. The molecule has 0 aromatic carbocycles. The molecule has 0 unspecified atom stereocenters. The van der Waals surface area contributed by atoms with Crippen LogP contribution in [0.25, 0.3) is 0 Å². The normalized spacial score (nSPS) is 17.5. The molecule has 0 saturated carbocycles. The van der Waals surface area contributed by atoms with E-state index >= 15 is 0 Å². The van der Waals surface area contributed by atoms with Gasteiger partial charge in [0.15, 0.2) is 0 Å². The average molecular weight is 266 g/mol. The van der Waals surface area contributed by atoms with Crippen LogP contribution in [0.1, 0.15) is 25.7 Å². The van der Waals surface area contributed by atoms with Crippen molar-refractivity contribution in [3.63, 3.8) is 0 Å². The largest absolute Gasteiger partial charge is 2.00 e. The van der Waals surface area contributed by atoms with E-state index in [0.717, 1.165) is 0 Å². The maximum atomic E-state index is 7.50. The Labute approximate surface area is 103 Å². The van der Waals surface area contributed by atoms with E-state index in [4.69, 9.17) is 4.79 Å². The van der Waals surface area contributed by atoms with Crippen LogP contribution in [0.4, 0.5) is 0 Å². The zero-order valence-electron chi connectivity index (χ0n) is 7.14. The summed E-state index contributed by atoms with van der Waals surface area (Å²) >= 11 is 0. The second-order valence-electron chi connectivity index (χ2n) is 2.10.